The Morgan fingerprint density at radius 3 is 2.90 bits per heavy atom. The third-order valence-corrected chi connectivity index (χ3v) is 5.17. The van der Waals surface area contributed by atoms with E-state index < -0.39 is 6.04 Å². The standard InChI is InChI=1S/C13H18N4O3S/c1-2-3-17-12(19)10-6-15(4-5-16(10)13(17)20)11(18)9-7-21-8-14-9/h2,9-10,14H,1,3-8H2/p+1/t9-,10-/m0/s1. The zero-order valence-corrected chi connectivity index (χ0v) is 12.6. The fraction of sp³-hybridized carbons (Fsp3) is 0.615. The highest BCUT2D eigenvalue weighted by molar-refractivity contribution is 7.99. The van der Waals surface area contributed by atoms with E-state index in [9.17, 15) is 14.4 Å². The van der Waals surface area contributed by atoms with Crippen molar-refractivity contribution in [2.45, 2.75) is 12.1 Å². The summed E-state index contributed by atoms with van der Waals surface area (Å²) in [6.45, 7) is 5.04. The molecule has 3 saturated heterocycles. The Balaban J connectivity index is 1.70. The number of urea groups is 1. The van der Waals surface area contributed by atoms with Gasteiger partial charge in [-0.15, -0.1) is 6.58 Å². The minimum atomic E-state index is -0.524. The van der Waals surface area contributed by atoms with E-state index in [0.717, 1.165) is 11.6 Å². The lowest BCUT2D eigenvalue weighted by atomic mass is 10.1. The summed E-state index contributed by atoms with van der Waals surface area (Å²) in [4.78, 5) is 41.4. The fourth-order valence-corrected chi connectivity index (χ4v) is 4.04. The summed E-state index contributed by atoms with van der Waals surface area (Å²) < 4.78 is 0. The Labute approximate surface area is 127 Å². The average molecular weight is 311 g/mol. The van der Waals surface area contributed by atoms with Crippen molar-refractivity contribution in [1.82, 2.24) is 14.7 Å². The first-order valence-corrected chi connectivity index (χ1v) is 8.21. The number of hydrogen-bond acceptors (Lipinski definition) is 4. The van der Waals surface area contributed by atoms with Gasteiger partial charge in [0.05, 0.1) is 12.3 Å². The van der Waals surface area contributed by atoms with Crippen LogP contribution in [0.4, 0.5) is 4.79 Å². The van der Waals surface area contributed by atoms with E-state index in [0.29, 0.717) is 19.6 Å². The van der Waals surface area contributed by atoms with Gasteiger partial charge in [-0.1, -0.05) is 17.8 Å². The summed E-state index contributed by atoms with van der Waals surface area (Å²) in [5.74, 6) is 1.59. The average Bonchev–Trinajstić information content (AvgIpc) is 3.10. The highest BCUT2D eigenvalue weighted by atomic mass is 32.2. The molecule has 3 rings (SSSR count). The maximum Gasteiger partial charge on any atom is 0.327 e. The molecule has 0 radical (unpaired) electrons. The predicted octanol–water partition coefficient (Wildman–Crippen LogP) is -1.72. The summed E-state index contributed by atoms with van der Waals surface area (Å²) in [5.41, 5.74) is 0. The van der Waals surface area contributed by atoms with Crippen LogP contribution in [0.3, 0.4) is 0 Å². The topological polar surface area (TPSA) is 77.5 Å². The normalized spacial score (nSPS) is 29.0. The molecule has 0 aliphatic carbocycles. The van der Waals surface area contributed by atoms with Crippen LogP contribution in [-0.2, 0) is 9.59 Å². The molecule has 0 aromatic rings. The number of carbonyl (C=O) groups excluding carboxylic acids is 3. The number of fused-ring (bicyclic) bond motifs is 1. The summed E-state index contributed by atoms with van der Waals surface area (Å²) in [7, 11) is 0. The quantitative estimate of drug-likeness (QED) is 0.497. The molecule has 8 heteroatoms. The monoisotopic (exact) mass is 311 g/mol. The molecule has 0 unspecified atom stereocenters. The lowest BCUT2D eigenvalue weighted by Gasteiger charge is -2.35. The Morgan fingerprint density at radius 2 is 2.24 bits per heavy atom. The number of carbonyl (C=O) groups is 3. The van der Waals surface area contributed by atoms with Crippen LogP contribution in [0.15, 0.2) is 12.7 Å². The van der Waals surface area contributed by atoms with Gasteiger partial charge in [-0.05, 0) is 0 Å². The smallest absolute Gasteiger partial charge is 0.327 e. The molecule has 0 bridgehead atoms. The van der Waals surface area contributed by atoms with Gasteiger partial charge in [0.1, 0.15) is 11.9 Å². The van der Waals surface area contributed by atoms with E-state index in [4.69, 9.17) is 0 Å². The number of thioether (sulfide) groups is 1. The molecule has 4 amide bonds. The number of nitrogens with zero attached hydrogens (tertiary/aromatic N) is 3. The highest BCUT2D eigenvalue weighted by Crippen LogP contribution is 2.22. The number of imide groups is 1. The summed E-state index contributed by atoms with van der Waals surface area (Å²) in [6, 6.07) is -0.831. The lowest BCUT2D eigenvalue weighted by Crippen LogP contribution is -2.90. The van der Waals surface area contributed by atoms with Gasteiger partial charge in [-0.25, -0.2) is 4.79 Å². The molecule has 0 spiro atoms. The van der Waals surface area contributed by atoms with Gasteiger partial charge < -0.3 is 15.1 Å². The number of nitrogens with two attached hydrogens (primary N) is 1. The summed E-state index contributed by atoms with van der Waals surface area (Å²) >= 11 is 1.75. The molecule has 2 atom stereocenters. The number of hydrogen-bond donors (Lipinski definition) is 1. The van der Waals surface area contributed by atoms with Crippen molar-refractivity contribution in [1.29, 1.82) is 0 Å². The molecule has 114 valence electrons. The molecule has 21 heavy (non-hydrogen) atoms. The Kier molecular flexibility index (Phi) is 3.90. The molecule has 0 aromatic carbocycles. The number of rotatable bonds is 3. The summed E-state index contributed by atoms with van der Waals surface area (Å²) in [5, 5.41) is 2.03. The predicted molar refractivity (Wildman–Crippen MR) is 77.4 cm³/mol. The van der Waals surface area contributed by atoms with Crippen molar-refractivity contribution < 1.29 is 19.7 Å². The molecule has 3 fully saturated rings. The Morgan fingerprint density at radius 1 is 1.43 bits per heavy atom. The van der Waals surface area contributed by atoms with E-state index in [1.54, 1.807) is 27.6 Å². The minimum Gasteiger partial charge on any atom is -0.333 e. The molecule has 3 aliphatic heterocycles. The van der Waals surface area contributed by atoms with Crippen molar-refractivity contribution in [3.63, 3.8) is 0 Å². The van der Waals surface area contributed by atoms with Gasteiger partial charge >= 0.3 is 6.03 Å². The number of amides is 4. The first kappa shape index (κ1) is 14.4. The van der Waals surface area contributed by atoms with Crippen LogP contribution >= 0.6 is 11.8 Å². The van der Waals surface area contributed by atoms with Gasteiger partial charge in [0.15, 0.2) is 6.04 Å². The van der Waals surface area contributed by atoms with Crippen molar-refractivity contribution in [2.24, 2.45) is 0 Å². The molecular formula is C13H19N4O3S+. The van der Waals surface area contributed by atoms with Gasteiger partial charge in [-0.3, -0.25) is 14.5 Å². The molecule has 2 N–H and O–H groups in total. The molecule has 0 saturated carbocycles. The second-order valence-electron chi connectivity index (χ2n) is 5.39. The molecule has 3 aliphatic rings. The van der Waals surface area contributed by atoms with Crippen LogP contribution in [0.1, 0.15) is 0 Å². The zero-order chi connectivity index (χ0) is 15.0. The maximum absolute atomic E-state index is 12.4. The number of quaternary nitrogens is 1. The van der Waals surface area contributed by atoms with Crippen LogP contribution in [0.5, 0.6) is 0 Å². The second kappa shape index (κ2) is 5.69. The van der Waals surface area contributed by atoms with E-state index >= 15 is 0 Å². The third kappa shape index (κ3) is 2.42. The highest BCUT2D eigenvalue weighted by Gasteiger charge is 2.48. The first-order chi connectivity index (χ1) is 10.1. The van der Waals surface area contributed by atoms with E-state index in [2.05, 4.69) is 6.58 Å². The zero-order valence-electron chi connectivity index (χ0n) is 11.7. The first-order valence-electron chi connectivity index (χ1n) is 7.06. The van der Waals surface area contributed by atoms with Gasteiger partial charge in [0.2, 0.25) is 0 Å². The van der Waals surface area contributed by atoms with Crippen LogP contribution < -0.4 is 5.32 Å². The van der Waals surface area contributed by atoms with Gasteiger partial charge in [0, 0.05) is 19.6 Å². The number of piperazine rings is 1. The lowest BCUT2D eigenvalue weighted by molar-refractivity contribution is -0.649. The molecular weight excluding hydrogens is 292 g/mol. The van der Waals surface area contributed by atoms with Crippen molar-refractivity contribution in [3.8, 4) is 0 Å². The molecule has 0 aromatic heterocycles. The Bertz CT molecular complexity index is 492. The van der Waals surface area contributed by atoms with Gasteiger partial charge in [-0.2, -0.15) is 0 Å². The van der Waals surface area contributed by atoms with Crippen LogP contribution in [-0.4, -0.2) is 82.4 Å². The minimum absolute atomic E-state index is 0.0435. The van der Waals surface area contributed by atoms with Crippen molar-refractivity contribution in [2.75, 3.05) is 37.8 Å². The van der Waals surface area contributed by atoms with E-state index in [-0.39, 0.29) is 30.4 Å². The van der Waals surface area contributed by atoms with Crippen LogP contribution in [0.2, 0.25) is 0 Å². The van der Waals surface area contributed by atoms with Crippen LogP contribution in [0, 0.1) is 0 Å². The fourth-order valence-electron chi connectivity index (χ4n) is 3.00. The van der Waals surface area contributed by atoms with Crippen molar-refractivity contribution in [3.05, 3.63) is 12.7 Å². The van der Waals surface area contributed by atoms with E-state index in [1.165, 1.54) is 4.90 Å². The largest absolute Gasteiger partial charge is 0.333 e. The SMILES string of the molecule is C=CCN1C(=O)[C@@H]2CN(C(=O)[C@@H]3CSC[NH2+]3)CCN2C1=O. The molecule has 7 nitrogen and oxygen atoms in total. The third-order valence-electron chi connectivity index (χ3n) is 4.14. The van der Waals surface area contributed by atoms with E-state index in [1.807, 2.05) is 5.32 Å². The Hall–Kier alpha value is -1.54. The maximum atomic E-state index is 12.4. The second-order valence-corrected chi connectivity index (χ2v) is 6.47. The molecule has 3 heterocycles. The van der Waals surface area contributed by atoms with Crippen molar-refractivity contribution >= 4 is 29.6 Å². The van der Waals surface area contributed by atoms with Gasteiger partial charge in [0.25, 0.3) is 11.8 Å². The van der Waals surface area contributed by atoms with Crippen LogP contribution in [0.25, 0.3) is 0 Å². The summed E-state index contributed by atoms with van der Waals surface area (Å²) in [6.07, 6.45) is 1.54.